The minimum absolute atomic E-state index is 0.0438. The van der Waals surface area contributed by atoms with Crippen molar-refractivity contribution in [1.82, 2.24) is 25.1 Å². The molecule has 3 heterocycles. The van der Waals surface area contributed by atoms with Crippen LogP contribution < -0.4 is 20.7 Å². The molecular weight excluding hydrogens is 558 g/mol. The van der Waals surface area contributed by atoms with E-state index in [1.165, 1.54) is 6.92 Å². The molecule has 4 N–H and O–H groups in total. The maximum absolute atomic E-state index is 12.7. The topological polar surface area (TPSA) is 137 Å². The Hall–Kier alpha value is -3.41. The second-order valence-corrected chi connectivity index (χ2v) is 12.1. The summed E-state index contributed by atoms with van der Waals surface area (Å²) >= 11 is 6.65. The van der Waals surface area contributed by atoms with Crippen LogP contribution in [0.3, 0.4) is 0 Å². The molecule has 0 bridgehead atoms. The molecule has 2 fully saturated rings. The van der Waals surface area contributed by atoms with E-state index < -0.39 is 6.10 Å². The zero-order chi connectivity index (χ0) is 30.8. The van der Waals surface area contributed by atoms with Gasteiger partial charge in [-0.25, -0.2) is 14.8 Å². The number of allylic oxidation sites excluding steroid dienone is 2. The number of hydrogen-bond donors (Lipinski definition) is 3. The molecule has 228 valence electrons. The third-order valence-electron chi connectivity index (χ3n) is 7.99. The molecule has 2 aromatic rings. The van der Waals surface area contributed by atoms with E-state index in [0.29, 0.717) is 45.7 Å². The summed E-state index contributed by atoms with van der Waals surface area (Å²) in [5, 5.41) is 13.4. The smallest absolute Gasteiger partial charge is 0.319 e. The molecule has 0 aliphatic carbocycles. The normalized spacial score (nSPS) is 17.4. The SMILES string of the molecule is CNC[C@@H](O)COc1ccc(Cl)c(-c2nc(C(C(C)=O)=C(C)N)c(C)c(N3CC4(CCN(C(=O)N(C)C)CC4)C3)n2)c1. The van der Waals surface area contributed by atoms with Gasteiger partial charge in [0.15, 0.2) is 11.6 Å². The van der Waals surface area contributed by atoms with Gasteiger partial charge in [0.1, 0.15) is 24.3 Å². The van der Waals surface area contributed by atoms with Crippen molar-refractivity contribution in [3.8, 4) is 17.1 Å². The van der Waals surface area contributed by atoms with Crippen LogP contribution in [0.5, 0.6) is 5.75 Å². The Morgan fingerprint density at radius 3 is 2.45 bits per heavy atom. The summed E-state index contributed by atoms with van der Waals surface area (Å²) in [4.78, 5) is 40.7. The van der Waals surface area contributed by atoms with E-state index >= 15 is 0 Å². The number of nitrogens with two attached hydrogens (primary N) is 1. The number of amides is 2. The first-order chi connectivity index (χ1) is 19.9. The summed E-state index contributed by atoms with van der Waals surface area (Å²) in [7, 11) is 5.31. The summed E-state index contributed by atoms with van der Waals surface area (Å²) in [5.41, 5.74) is 8.80. The predicted octanol–water partition coefficient (Wildman–Crippen LogP) is 2.93. The minimum Gasteiger partial charge on any atom is -0.491 e. The molecule has 1 aromatic heterocycles. The number of rotatable bonds is 9. The van der Waals surface area contributed by atoms with Gasteiger partial charge in [-0.15, -0.1) is 0 Å². The Balaban J connectivity index is 1.68. The molecule has 2 aliphatic rings. The van der Waals surface area contributed by atoms with Gasteiger partial charge in [0, 0.05) is 69.1 Å². The number of aromatic nitrogens is 2. The number of aliphatic hydroxyl groups is 1. The number of likely N-dealkylation sites (N-methyl/N-ethyl adjacent to an activating group) is 1. The van der Waals surface area contributed by atoms with E-state index in [1.807, 2.05) is 11.8 Å². The van der Waals surface area contributed by atoms with Crippen molar-refractivity contribution in [2.75, 3.05) is 65.4 Å². The number of ether oxygens (including phenoxy) is 1. The average molecular weight is 600 g/mol. The van der Waals surface area contributed by atoms with E-state index in [-0.39, 0.29) is 23.8 Å². The van der Waals surface area contributed by atoms with Crippen LogP contribution in [0, 0.1) is 12.3 Å². The number of Topliss-reactive ketones (excluding diaryl/α,β-unsaturated/α-hetero) is 1. The first kappa shape index (κ1) is 31.5. The van der Waals surface area contributed by atoms with Crippen LogP contribution in [-0.2, 0) is 4.79 Å². The molecule has 1 atom stereocenters. The second kappa shape index (κ2) is 12.8. The highest BCUT2D eigenvalue weighted by Crippen LogP contribution is 2.44. The van der Waals surface area contributed by atoms with Crippen LogP contribution in [0.4, 0.5) is 10.6 Å². The Labute approximate surface area is 252 Å². The summed E-state index contributed by atoms with van der Waals surface area (Å²) in [5.74, 6) is 1.40. The van der Waals surface area contributed by atoms with Gasteiger partial charge >= 0.3 is 6.03 Å². The maximum atomic E-state index is 12.7. The van der Waals surface area contributed by atoms with Crippen LogP contribution in [0.25, 0.3) is 17.0 Å². The van der Waals surface area contributed by atoms with Crippen molar-refractivity contribution in [2.24, 2.45) is 11.1 Å². The fourth-order valence-corrected chi connectivity index (χ4v) is 5.95. The number of ketones is 1. The molecule has 4 rings (SSSR count). The first-order valence-electron chi connectivity index (χ1n) is 14.2. The van der Waals surface area contributed by atoms with Gasteiger partial charge in [0.05, 0.1) is 16.3 Å². The highest BCUT2D eigenvalue weighted by Gasteiger charge is 2.46. The number of aliphatic hydroxyl groups excluding tert-OH is 1. The van der Waals surface area contributed by atoms with Crippen LogP contribution >= 0.6 is 11.6 Å². The number of carbonyl (C=O) groups is 2. The largest absolute Gasteiger partial charge is 0.491 e. The number of likely N-dealkylation sites (tertiary alicyclic amines) is 1. The lowest BCUT2D eigenvalue weighted by Crippen LogP contribution is -2.61. The highest BCUT2D eigenvalue weighted by molar-refractivity contribution is 6.33. The van der Waals surface area contributed by atoms with Crippen molar-refractivity contribution < 1.29 is 19.4 Å². The number of urea groups is 1. The molecule has 11 nitrogen and oxygen atoms in total. The number of anilines is 1. The van der Waals surface area contributed by atoms with Crippen LogP contribution in [-0.4, -0.2) is 103 Å². The van der Waals surface area contributed by atoms with E-state index in [4.69, 9.17) is 32.0 Å². The van der Waals surface area contributed by atoms with Gasteiger partial charge < -0.3 is 35.6 Å². The molecule has 1 aromatic carbocycles. The lowest BCUT2D eigenvalue weighted by Gasteiger charge is -2.54. The highest BCUT2D eigenvalue weighted by atomic mass is 35.5. The molecule has 0 saturated carbocycles. The number of carbonyl (C=O) groups excluding carboxylic acids is 2. The number of hydrogen-bond acceptors (Lipinski definition) is 9. The number of nitrogens with zero attached hydrogens (tertiary/aromatic N) is 5. The molecule has 2 amide bonds. The quantitative estimate of drug-likeness (QED) is 0.372. The van der Waals surface area contributed by atoms with E-state index in [0.717, 1.165) is 50.4 Å². The molecule has 12 heteroatoms. The standard InChI is InChI=1S/C30H42ClN7O4/c1-18-26(25(19(2)32)20(3)39)34-27(23-13-22(7-8-24(23)31)42-15-21(40)14-33-4)35-28(18)38-16-30(17-38)9-11-37(12-10-30)29(41)36(5)6/h7-8,13,21,33,40H,9-12,14-17,32H2,1-6H3/t21-/m1/s1. The summed E-state index contributed by atoms with van der Waals surface area (Å²) in [6, 6.07) is 5.22. The van der Waals surface area contributed by atoms with E-state index in [9.17, 15) is 14.7 Å². The molecule has 2 aliphatic heterocycles. The van der Waals surface area contributed by atoms with Gasteiger partial charge in [-0.05, 0) is 58.9 Å². The molecule has 42 heavy (non-hydrogen) atoms. The average Bonchev–Trinajstić information content (AvgIpc) is 2.92. The summed E-state index contributed by atoms with van der Waals surface area (Å²) in [6.07, 6.45) is 1.15. The fraction of sp³-hybridized carbons (Fsp3) is 0.533. The molecular formula is C30H42ClN7O4. The number of nitrogens with one attached hydrogen (secondary N) is 1. The van der Waals surface area contributed by atoms with Crippen LogP contribution in [0.1, 0.15) is 37.9 Å². The molecule has 1 spiro atoms. The lowest BCUT2D eigenvalue weighted by atomic mass is 9.72. The zero-order valence-corrected chi connectivity index (χ0v) is 26.1. The van der Waals surface area contributed by atoms with E-state index in [1.54, 1.807) is 51.2 Å². The van der Waals surface area contributed by atoms with Gasteiger partial charge in [0.2, 0.25) is 0 Å². The maximum Gasteiger partial charge on any atom is 0.319 e. The van der Waals surface area contributed by atoms with Gasteiger partial charge in [-0.3, -0.25) is 4.79 Å². The third-order valence-corrected chi connectivity index (χ3v) is 8.32. The van der Waals surface area contributed by atoms with Crippen molar-refractivity contribution in [2.45, 2.75) is 39.7 Å². The molecule has 2 saturated heterocycles. The summed E-state index contributed by atoms with van der Waals surface area (Å²) in [6.45, 7) is 8.59. The van der Waals surface area contributed by atoms with Crippen LogP contribution in [0.15, 0.2) is 23.9 Å². The number of piperidine rings is 1. The molecule has 0 unspecified atom stereocenters. The second-order valence-electron chi connectivity index (χ2n) is 11.6. The van der Waals surface area contributed by atoms with Crippen molar-refractivity contribution in [3.63, 3.8) is 0 Å². The van der Waals surface area contributed by atoms with Gasteiger partial charge in [0.25, 0.3) is 0 Å². The van der Waals surface area contributed by atoms with Crippen LogP contribution in [0.2, 0.25) is 5.02 Å². The van der Waals surface area contributed by atoms with Crippen molar-refractivity contribution in [1.29, 1.82) is 0 Å². The molecule has 0 radical (unpaired) electrons. The Morgan fingerprint density at radius 1 is 1.21 bits per heavy atom. The third kappa shape index (κ3) is 6.63. The number of benzene rings is 1. The minimum atomic E-state index is -0.676. The Morgan fingerprint density at radius 2 is 1.88 bits per heavy atom. The Bertz CT molecular complexity index is 1360. The van der Waals surface area contributed by atoms with E-state index in [2.05, 4.69) is 10.2 Å². The van der Waals surface area contributed by atoms with Gasteiger partial charge in [-0.2, -0.15) is 0 Å². The zero-order valence-electron chi connectivity index (χ0n) is 25.3. The number of halogens is 1. The lowest BCUT2D eigenvalue weighted by molar-refractivity contribution is -0.111. The predicted molar refractivity (Wildman–Crippen MR) is 165 cm³/mol. The van der Waals surface area contributed by atoms with Crippen molar-refractivity contribution >= 4 is 34.8 Å². The monoisotopic (exact) mass is 599 g/mol. The fourth-order valence-electron chi connectivity index (χ4n) is 5.74. The first-order valence-corrected chi connectivity index (χ1v) is 14.6. The summed E-state index contributed by atoms with van der Waals surface area (Å²) < 4.78 is 5.81. The van der Waals surface area contributed by atoms with Gasteiger partial charge in [-0.1, -0.05) is 11.6 Å². The van der Waals surface area contributed by atoms with Crippen molar-refractivity contribution in [3.05, 3.63) is 40.2 Å². The Kier molecular flexibility index (Phi) is 9.64.